The number of pyridine rings is 1. The average Bonchev–Trinajstić information content (AvgIpc) is 2.35. The second kappa shape index (κ2) is 5.40. The van der Waals surface area contributed by atoms with E-state index in [-0.39, 0.29) is 5.91 Å². The van der Waals surface area contributed by atoms with E-state index in [0.29, 0.717) is 5.75 Å². The largest absolute Gasteiger partial charge is 0.358 e. The molecule has 0 bridgehead atoms. The van der Waals surface area contributed by atoms with Crippen LogP contribution in [0.3, 0.4) is 0 Å². The molecule has 18 heavy (non-hydrogen) atoms. The molecular formula is C14H16N2OS. The molecule has 0 fully saturated rings. The monoisotopic (exact) mass is 260 g/mol. The van der Waals surface area contributed by atoms with Crippen molar-refractivity contribution in [1.82, 2.24) is 10.3 Å². The summed E-state index contributed by atoms with van der Waals surface area (Å²) in [5, 5.41) is 4.69. The van der Waals surface area contributed by atoms with Crippen molar-refractivity contribution in [3.8, 4) is 0 Å². The van der Waals surface area contributed by atoms with E-state index in [4.69, 9.17) is 0 Å². The van der Waals surface area contributed by atoms with Gasteiger partial charge in [0, 0.05) is 12.4 Å². The number of hydrogen-bond donors (Lipinski definition) is 1. The Labute approximate surface area is 111 Å². The summed E-state index contributed by atoms with van der Waals surface area (Å²) in [7, 11) is 1.65. The van der Waals surface area contributed by atoms with Gasteiger partial charge in [0.25, 0.3) is 0 Å². The van der Waals surface area contributed by atoms with Gasteiger partial charge in [0.15, 0.2) is 0 Å². The fourth-order valence-corrected chi connectivity index (χ4v) is 2.60. The van der Waals surface area contributed by atoms with Crippen LogP contribution < -0.4 is 5.32 Å². The minimum absolute atomic E-state index is 0.0187. The second-order valence-corrected chi connectivity index (χ2v) is 5.23. The molecular weight excluding hydrogens is 244 g/mol. The van der Waals surface area contributed by atoms with Crippen LogP contribution in [0.15, 0.2) is 29.3 Å². The molecule has 4 heteroatoms. The molecule has 3 nitrogen and oxygen atoms in total. The number of rotatable bonds is 3. The molecule has 0 atom stereocenters. The molecule has 1 amide bonds. The Balaban J connectivity index is 2.31. The number of nitrogens with zero attached hydrogens (tertiary/aromatic N) is 1. The second-order valence-electron chi connectivity index (χ2n) is 4.27. The van der Waals surface area contributed by atoms with E-state index in [1.807, 2.05) is 13.0 Å². The Morgan fingerprint density at radius 2 is 2.11 bits per heavy atom. The molecule has 1 heterocycles. The summed E-state index contributed by atoms with van der Waals surface area (Å²) < 4.78 is 0. The molecule has 0 radical (unpaired) electrons. The summed E-state index contributed by atoms with van der Waals surface area (Å²) in [5.74, 6) is 0.423. The number of amides is 1. The third kappa shape index (κ3) is 2.82. The van der Waals surface area contributed by atoms with Crippen LogP contribution in [0.25, 0.3) is 10.9 Å². The SMILES string of the molecule is CNC(=O)CSc1nc2ccc(C)cc2cc1C. The van der Waals surface area contributed by atoms with Crippen LogP contribution in [0, 0.1) is 13.8 Å². The van der Waals surface area contributed by atoms with Gasteiger partial charge >= 0.3 is 0 Å². The molecule has 1 N–H and O–H groups in total. The molecule has 1 aromatic heterocycles. The normalized spacial score (nSPS) is 10.6. The number of hydrogen-bond acceptors (Lipinski definition) is 3. The van der Waals surface area contributed by atoms with Crippen molar-refractivity contribution < 1.29 is 4.79 Å². The lowest BCUT2D eigenvalue weighted by atomic mass is 10.1. The van der Waals surface area contributed by atoms with Crippen LogP contribution >= 0.6 is 11.8 Å². The fourth-order valence-electron chi connectivity index (χ4n) is 1.74. The standard InChI is InChI=1S/C14H16N2OS/c1-9-4-5-12-11(6-9)7-10(2)14(16-12)18-8-13(17)15-3/h4-7H,8H2,1-3H3,(H,15,17). The number of aryl methyl sites for hydroxylation is 2. The number of aromatic nitrogens is 1. The van der Waals surface area contributed by atoms with Gasteiger partial charge < -0.3 is 5.32 Å². The van der Waals surface area contributed by atoms with Crippen molar-refractivity contribution in [2.75, 3.05) is 12.8 Å². The van der Waals surface area contributed by atoms with Crippen LogP contribution in [0.5, 0.6) is 0 Å². The third-order valence-electron chi connectivity index (χ3n) is 2.73. The predicted octanol–water partition coefficient (Wildman–Crippen LogP) is 2.69. The fraction of sp³-hybridized carbons (Fsp3) is 0.286. The zero-order valence-electron chi connectivity index (χ0n) is 10.8. The highest BCUT2D eigenvalue weighted by molar-refractivity contribution is 7.99. The van der Waals surface area contributed by atoms with Gasteiger partial charge in [-0.05, 0) is 37.6 Å². The van der Waals surface area contributed by atoms with E-state index in [0.717, 1.165) is 21.5 Å². The van der Waals surface area contributed by atoms with Crippen molar-refractivity contribution in [2.24, 2.45) is 0 Å². The molecule has 2 rings (SSSR count). The van der Waals surface area contributed by atoms with Gasteiger partial charge in [-0.15, -0.1) is 0 Å². The number of fused-ring (bicyclic) bond motifs is 1. The Hall–Kier alpha value is -1.55. The average molecular weight is 260 g/mol. The van der Waals surface area contributed by atoms with Gasteiger partial charge in [-0.2, -0.15) is 0 Å². The van der Waals surface area contributed by atoms with Crippen molar-refractivity contribution in [1.29, 1.82) is 0 Å². The first-order valence-electron chi connectivity index (χ1n) is 5.81. The van der Waals surface area contributed by atoms with E-state index in [2.05, 4.69) is 35.4 Å². The summed E-state index contributed by atoms with van der Waals surface area (Å²) in [6.45, 7) is 4.10. The number of benzene rings is 1. The summed E-state index contributed by atoms with van der Waals surface area (Å²) in [5.41, 5.74) is 3.32. The summed E-state index contributed by atoms with van der Waals surface area (Å²) in [6.07, 6.45) is 0. The molecule has 0 aliphatic heterocycles. The summed E-state index contributed by atoms with van der Waals surface area (Å²) in [4.78, 5) is 15.9. The smallest absolute Gasteiger partial charge is 0.230 e. The van der Waals surface area contributed by atoms with Crippen LogP contribution in [-0.4, -0.2) is 23.7 Å². The van der Waals surface area contributed by atoms with Crippen LogP contribution in [-0.2, 0) is 4.79 Å². The highest BCUT2D eigenvalue weighted by Crippen LogP contribution is 2.24. The first-order chi connectivity index (χ1) is 8.60. The lowest BCUT2D eigenvalue weighted by molar-refractivity contribution is -0.118. The maximum Gasteiger partial charge on any atom is 0.230 e. The maximum atomic E-state index is 11.2. The number of thioether (sulfide) groups is 1. The van der Waals surface area contributed by atoms with Crippen molar-refractivity contribution >= 4 is 28.6 Å². The van der Waals surface area contributed by atoms with Crippen LogP contribution in [0.4, 0.5) is 0 Å². The van der Waals surface area contributed by atoms with Crippen LogP contribution in [0.2, 0.25) is 0 Å². The van der Waals surface area contributed by atoms with Gasteiger partial charge in [0.2, 0.25) is 5.91 Å². The quantitative estimate of drug-likeness (QED) is 0.863. The molecule has 94 valence electrons. The number of nitrogens with one attached hydrogen (secondary N) is 1. The molecule has 0 saturated heterocycles. The molecule has 0 saturated carbocycles. The Bertz CT molecular complexity index is 596. The highest BCUT2D eigenvalue weighted by atomic mass is 32.2. The van der Waals surface area contributed by atoms with Gasteiger partial charge in [-0.3, -0.25) is 4.79 Å². The van der Waals surface area contributed by atoms with E-state index in [9.17, 15) is 4.79 Å². The highest BCUT2D eigenvalue weighted by Gasteiger charge is 2.06. The number of carbonyl (C=O) groups excluding carboxylic acids is 1. The lowest BCUT2D eigenvalue weighted by Gasteiger charge is -2.07. The minimum Gasteiger partial charge on any atom is -0.358 e. The molecule has 0 aliphatic rings. The Kier molecular flexibility index (Phi) is 3.87. The first-order valence-corrected chi connectivity index (χ1v) is 6.80. The molecule has 0 aliphatic carbocycles. The molecule has 1 aromatic carbocycles. The zero-order chi connectivity index (χ0) is 13.1. The summed E-state index contributed by atoms with van der Waals surface area (Å²) in [6, 6.07) is 8.33. The van der Waals surface area contributed by atoms with Gasteiger partial charge in [-0.1, -0.05) is 23.4 Å². The number of carbonyl (C=O) groups is 1. The minimum atomic E-state index is 0.0187. The van der Waals surface area contributed by atoms with E-state index in [1.165, 1.54) is 17.3 Å². The molecule has 0 spiro atoms. The molecule has 2 aromatic rings. The molecule has 0 unspecified atom stereocenters. The van der Waals surface area contributed by atoms with Gasteiger partial charge in [-0.25, -0.2) is 4.98 Å². The maximum absolute atomic E-state index is 11.2. The van der Waals surface area contributed by atoms with Crippen molar-refractivity contribution in [2.45, 2.75) is 18.9 Å². The Morgan fingerprint density at radius 3 is 2.83 bits per heavy atom. The zero-order valence-corrected chi connectivity index (χ0v) is 11.6. The van der Waals surface area contributed by atoms with Crippen molar-refractivity contribution in [3.63, 3.8) is 0 Å². The summed E-state index contributed by atoms with van der Waals surface area (Å²) >= 11 is 1.48. The van der Waals surface area contributed by atoms with E-state index >= 15 is 0 Å². The van der Waals surface area contributed by atoms with Crippen molar-refractivity contribution in [3.05, 3.63) is 35.4 Å². The van der Waals surface area contributed by atoms with Gasteiger partial charge in [0.05, 0.1) is 11.3 Å². The lowest BCUT2D eigenvalue weighted by Crippen LogP contribution is -2.19. The topological polar surface area (TPSA) is 42.0 Å². The first kappa shape index (κ1) is 12.9. The Morgan fingerprint density at radius 1 is 1.33 bits per heavy atom. The van der Waals surface area contributed by atoms with Gasteiger partial charge in [0.1, 0.15) is 5.03 Å². The predicted molar refractivity (Wildman–Crippen MR) is 76.0 cm³/mol. The third-order valence-corrected chi connectivity index (χ3v) is 3.83. The van der Waals surface area contributed by atoms with E-state index in [1.54, 1.807) is 7.05 Å². The van der Waals surface area contributed by atoms with E-state index < -0.39 is 0 Å². The van der Waals surface area contributed by atoms with Crippen LogP contribution in [0.1, 0.15) is 11.1 Å².